The van der Waals surface area contributed by atoms with Crippen LogP contribution >= 0.6 is 0 Å². The Labute approximate surface area is 135 Å². The molecule has 0 spiro atoms. The highest BCUT2D eigenvalue weighted by Crippen LogP contribution is 2.17. The van der Waals surface area contributed by atoms with Gasteiger partial charge in [-0.05, 0) is 19.1 Å². The number of aromatic nitrogens is 2. The van der Waals surface area contributed by atoms with Crippen molar-refractivity contribution < 1.29 is 14.6 Å². The highest BCUT2D eigenvalue weighted by atomic mass is 16.5. The number of hydrogen-bond donors (Lipinski definition) is 2. The first-order chi connectivity index (χ1) is 11.1. The summed E-state index contributed by atoms with van der Waals surface area (Å²) in [5.41, 5.74) is 2.77. The number of amides is 1. The van der Waals surface area contributed by atoms with Crippen molar-refractivity contribution in [2.24, 2.45) is 7.05 Å². The molecule has 2 N–H and O–H groups in total. The third-order valence-electron chi connectivity index (χ3n) is 3.46. The van der Waals surface area contributed by atoms with Crippen LogP contribution in [0.1, 0.15) is 16.8 Å². The number of benzene rings is 1. The number of ether oxygens (including phenoxy) is 1. The molecule has 23 heavy (non-hydrogen) atoms. The summed E-state index contributed by atoms with van der Waals surface area (Å²) in [5, 5.41) is 15.8. The smallest absolute Gasteiger partial charge is 0.244 e. The lowest BCUT2D eigenvalue weighted by molar-refractivity contribution is -0.116. The fourth-order valence-corrected chi connectivity index (χ4v) is 2.03. The van der Waals surface area contributed by atoms with Crippen molar-refractivity contribution >= 4 is 12.0 Å². The largest absolute Gasteiger partial charge is 0.491 e. The standard InChI is InChI=1S/C17H21N3O3/c1-13-14(12-19-20(13)2)7-8-17(22)18-11-15-5-3-4-6-16(15)23-10-9-21/h3-8,12,21H,9-11H2,1-2H3,(H,18,22)/b8-7+. The van der Waals surface area contributed by atoms with E-state index in [4.69, 9.17) is 9.84 Å². The molecule has 0 atom stereocenters. The van der Waals surface area contributed by atoms with Crippen LogP contribution in [0.15, 0.2) is 36.5 Å². The number of nitrogens with one attached hydrogen (secondary N) is 1. The minimum atomic E-state index is -0.190. The second kappa shape index (κ2) is 8.14. The molecule has 1 heterocycles. The molecule has 0 fully saturated rings. The van der Waals surface area contributed by atoms with E-state index < -0.39 is 0 Å². The van der Waals surface area contributed by atoms with E-state index in [1.54, 1.807) is 17.0 Å². The Kier molecular flexibility index (Phi) is 5.94. The predicted molar refractivity (Wildman–Crippen MR) is 87.8 cm³/mol. The molecule has 1 aromatic heterocycles. The molecule has 0 aliphatic rings. The number of nitrogens with zero attached hydrogens (tertiary/aromatic N) is 2. The van der Waals surface area contributed by atoms with Crippen molar-refractivity contribution in [3.05, 3.63) is 53.4 Å². The number of aliphatic hydroxyl groups excluding tert-OH is 1. The van der Waals surface area contributed by atoms with E-state index >= 15 is 0 Å². The summed E-state index contributed by atoms with van der Waals surface area (Å²) in [7, 11) is 1.86. The van der Waals surface area contributed by atoms with E-state index in [0.717, 1.165) is 16.8 Å². The summed E-state index contributed by atoms with van der Waals surface area (Å²) in [6, 6.07) is 7.42. The molecule has 0 aliphatic carbocycles. The van der Waals surface area contributed by atoms with E-state index in [1.165, 1.54) is 6.08 Å². The van der Waals surface area contributed by atoms with E-state index in [2.05, 4.69) is 10.4 Å². The Hall–Kier alpha value is -2.60. The zero-order chi connectivity index (χ0) is 16.7. The van der Waals surface area contributed by atoms with Crippen molar-refractivity contribution in [1.29, 1.82) is 0 Å². The van der Waals surface area contributed by atoms with Crippen LogP contribution in [0.3, 0.4) is 0 Å². The van der Waals surface area contributed by atoms with Crippen LogP contribution in [0.25, 0.3) is 6.08 Å². The molecule has 0 saturated carbocycles. The van der Waals surface area contributed by atoms with Gasteiger partial charge < -0.3 is 15.2 Å². The average Bonchev–Trinajstić information content (AvgIpc) is 2.88. The molecule has 6 nitrogen and oxygen atoms in total. The van der Waals surface area contributed by atoms with Gasteiger partial charge in [0, 0.05) is 36.5 Å². The lowest BCUT2D eigenvalue weighted by atomic mass is 10.2. The molecule has 0 aliphatic heterocycles. The van der Waals surface area contributed by atoms with Gasteiger partial charge in [0.25, 0.3) is 0 Å². The van der Waals surface area contributed by atoms with Gasteiger partial charge in [0.2, 0.25) is 5.91 Å². The molecular weight excluding hydrogens is 294 g/mol. The molecule has 122 valence electrons. The van der Waals surface area contributed by atoms with Gasteiger partial charge in [-0.15, -0.1) is 0 Å². The first-order valence-corrected chi connectivity index (χ1v) is 7.38. The highest BCUT2D eigenvalue weighted by molar-refractivity contribution is 5.91. The first kappa shape index (κ1) is 16.8. The molecule has 1 amide bonds. The Balaban J connectivity index is 1.93. The molecule has 0 radical (unpaired) electrons. The Morgan fingerprint density at radius 1 is 1.43 bits per heavy atom. The van der Waals surface area contributed by atoms with Gasteiger partial charge in [0.1, 0.15) is 12.4 Å². The molecule has 0 saturated heterocycles. The quantitative estimate of drug-likeness (QED) is 0.758. The number of rotatable bonds is 7. The topological polar surface area (TPSA) is 76.4 Å². The van der Waals surface area contributed by atoms with Gasteiger partial charge in [0.05, 0.1) is 12.8 Å². The number of para-hydroxylation sites is 1. The third-order valence-corrected chi connectivity index (χ3v) is 3.46. The molecular formula is C17H21N3O3. The number of carbonyl (C=O) groups excluding carboxylic acids is 1. The van der Waals surface area contributed by atoms with Gasteiger partial charge in [0.15, 0.2) is 0 Å². The van der Waals surface area contributed by atoms with Gasteiger partial charge in [-0.25, -0.2) is 0 Å². The molecule has 1 aromatic carbocycles. The number of carbonyl (C=O) groups is 1. The highest BCUT2D eigenvalue weighted by Gasteiger charge is 2.05. The predicted octanol–water partition coefficient (Wildman–Crippen LogP) is 1.43. The van der Waals surface area contributed by atoms with E-state index in [9.17, 15) is 4.79 Å². The summed E-state index contributed by atoms with van der Waals surface area (Å²) in [6.07, 6.45) is 4.95. The summed E-state index contributed by atoms with van der Waals surface area (Å²) in [6.45, 7) is 2.48. The van der Waals surface area contributed by atoms with E-state index in [1.807, 2.05) is 38.2 Å². The first-order valence-electron chi connectivity index (χ1n) is 7.38. The van der Waals surface area contributed by atoms with Crippen molar-refractivity contribution in [1.82, 2.24) is 15.1 Å². The lowest BCUT2D eigenvalue weighted by Crippen LogP contribution is -2.20. The van der Waals surface area contributed by atoms with Crippen molar-refractivity contribution in [3.63, 3.8) is 0 Å². The molecule has 2 rings (SSSR count). The van der Waals surface area contributed by atoms with Gasteiger partial charge in [-0.2, -0.15) is 5.10 Å². The van der Waals surface area contributed by atoms with Crippen LogP contribution in [-0.2, 0) is 18.4 Å². The lowest BCUT2D eigenvalue weighted by Gasteiger charge is -2.10. The van der Waals surface area contributed by atoms with Gasteiger partial charge >= 0.3 is 0 Å². The van der Waals surface area contributed by atoms with E-state index in [-0.39, 0.29) is 19.1 Å². The van der Waals surface area contributed by atoms with Crippen molar-refractivity contribution in [2.45, 2.75) is 13.5 Å². The molecule has 2 aromatic rings. The number of hydrogen-bond acceptors (Lipinski definition) is 4. The maximum absolute atomic E-state index is 11.9. The fourth-order valence-electron chi connectivity index (χ4n) is 2.03. The van der Waals surface area contributed by atoms with Crippen LogP contribution < -0.4 is 10.1 Å². The van der Waals surface area contributed by atoms with Gasteiger partial charge in [-0.1, -0.05) is 18.2 Å². The second-order valence-electron chi connectivity index (χ2n) is 5.04. The average molecular weight is 315 g/mol. The Morgan fingerprint density at radius 2 is 2.22 bits per heavy atom. The Morgan fingerprint density at radius 3 is 2.91 bits per heavy atom. The maximum atomic E-state index is 11.9. The van der Waals surface area contributed by atoms with Gasteiger partial charge in [-0.3, -0.25) is 9.48 Å². The zero-order valence-electron chi connectivity index (χ0n) is 13.3. The SMILES string of the molecule is Cc1c(/C=C/C(=O)NCc2ccccc2OCCO)cnn1C. The normalized spacial score (nSPS) is 10.9. The number of aliphatic hydroxyl groups is 1. The zero-order valence-corrected chi connectivity index (χ0v) is 13.3. The van der Waals surface area contributed by atoms with Crippen molar-refractivity contribution in [3.8, 4) is 5.75 Å². The minimum Gasteiger partial charge on any atom is -0.491 e. The second-order valence-corrected chi connectivity index (χ2v) is 5.04. The Bertz CT molecular complexity index is 692. The van der Waals surface area contributed by atoms with Crippen LogP contribution in [0.4, 0.5) is 0 Å². The minimum absolute atomic E-state index is 0.0477. The monoisotopic (exact) mass is 315 g/mol. The summed E-state index contributed by atoms with van der Waals surface area (Å²) >= 11 is 0. The summed E-state index contributed by atoms with van der Waals surface area (Å²) in [5.74, 6) is 0.471. The fraction of sp³-hybridized carbons (Fsp3) is 0.294. The third kappa shape index (κ3) is 4.69. The summed E-state index contributed by atoms with van der Waals surface area (Å²) in [4.78, 5) is 11.9. The van der Waals surface area contributed by atoms with Crippen LogP contribution in [-0.4, -0.2) is 34.0 Å². The van der Waals surface area contributed by atoms with E-state index in [0.29, 0.717) is 12.3 Å². The molecule has 0 bridgehead atoms. The summed E-state index contributed by atoms with van der Waals surface area (Å²) < 4.78 is 7.19. The van der Waals surface area contributed by atoms with Crippen LogP contribution in [0.5, 0.6) is 5.75 Å². The molecule has 6 heteroatoms. The maximum Gasteiger partial charge on any atom is 0.244 e. The molecule has 0 unspecified atom stereocenters. The van der Waals surface area contributed by atoms with Crippen molar-refractivity contribution in [2.75, 3.05) is 13.2 Å². The van der Waals surface area contributed by atoms with Crippen LogP contribution in [0.2, 0.25) is 0 Å². The number of aryl methyl sites for hydroxylation is 1. The van der Waals surface area contributed by atoms with Crippen LogP contribution in [0, 0.1) is 6.92 Å².